The van der Waals surface area contributed by atoms with Gasteiger partial charge in [0.15, 0.2) is 11.0 Å². The Bertz CT molecular complexity index is 1360. The maximum atomic E-state index is 13.7. The highest BCUT2D eigenvalue weighted by Gasteiger charge is 2.45. The highest BCUT2D eigenvalue weighted by atomic mass is 32.1. The van der Waals surface area contributed by atoms with Gasteiger partial charge in [0.2, 0.25) is 0 Å². The second kappa shape index (κ2) is 6.81. The van der Waals surface area contributed by atoms with Crippen molar-refractivity contribution in [1.29, 1.82) is 0 Å². The number of hydrogen-bond acceptors (Lipinski definition) is 7. The van der Waals surface area contributed by atoms with E-state index in [0.29, 0.717) is 37.9 Å². The molecule has 156 valence electrons. The van der Waals surface area contributed by atoms with Crippen LogP contribution in [0.25, 0.3) is 32.8 Å². The molecule has 7 rings (SSSR count). The minimum Gasteiger partial charge on any atom is -0.481 e. The molecule has 0 aliphatic heterocycles. The lowest BCUT2D eigenvalue weighted by molar-refractivity contribution is -0.145. The number of anilines is 1. The van der Waals surface area contributed by atoms with E-state index in [4.69, 9.17) is 0 Å². The van der Waals surface area contributed by atoms with Gasteiger partial charge in [0, 0.05) is 23.2 Å². The zero-order chi connectivity index (χ0) is 21.1. The molecule has 8 nitrogen and oxygen atoms in total. The lowest BCUT2D eigenvalue weighted by atomic mass is 9.66. The number of nitrogens with one attached hydrogen (secondary N) is 2. The Labute approximate surface area is 179 Å². The number of rotatable bonds is 4. The van der Waals surface area contributed by atoms with Gasteiger partial charge < -0.3 is 15.4 Å². The first-order chi connectivity index (χ1) is 15.1. The van der Waals surface area contributed by atoms with Gasteiger partial charge in [0.1, 0.15) is 21.8 Å². The topological polar surface area (TPSA) is 117 Å². The molecule has 3 aliphatic carbocycles. The highest BCUT2D eigenvalue weighted by molar-refractivity contribution is 7.21. The molecule has 31 heavy (non-hydrogen) atoms. The molecule has 0 saturated heterocycles. The van der Waals surface area contributed by atoms with Crippen LogP contribution >= 0.6 is 11.3 Å². The van der Waals surface area contributed by atoms with Crippen molar-refractivity contribution in [3.63, 3.8) is 0 Å². The van der Waals surface area contributed by atoms with Gasteiger partial charge in [-0.1, -0.05) is 23.5 Å². The Balaban J connectivity index is 1.34. The summed E-state index contributed by atoms with van der Waals surface area (Å²) in [5, 5.41) is 14.4. The van der Waals surface area contributed by atoms with Crippen LogP contribution in [-0.2, 0) is 4.79 Å². The van der Waals surface area contributed by atoms with Crippen molar-refractivity contribution < 1.29 is 14.3 Å². The Morgan fingerprint density at radius 3 is 2.84 bits per heavy atom. The Kier molecular flexibility index (Phi) is 4.04. The Morgan fingerprint density at radius 2 is 2.03 bits per heavy atom. The fourth-order valence-corrected chi connectivity index (χ4v) is 5.62. The number of carboxylic acid groups (broad SMARTS) is 1. The van der Waals surface area contributed by atoms with Crippen molar-refractivity contribution in [2.24, 2.45) is 17.8 Å². The number of allylic oxidation sites excluding steroid dienone is 1. The molecule has 0 spiro atoms. The summed E-state index contributed by atoms with van der Waals surface area (Å²) in [6.07, 6.45) is 10.5. The average Bonchev–Trinajstić information content (AvgIpc) is 3.36. The van der Waals surface area contributed by atoms with E-state index in [2.05, 4.69) is 36.3 Å². The summed E-state index contributed by atoms with van der Waals surface area (Å²) < 4.78 is 13.7. The molecular weight excluding hydrogens is 419 g/mol. The maximum absolute atomic E-state index is 13.7. The van der Waals surface area contributed by atoms with Gasteiger partial charge in [-0.05, 0) is 30.7 Å². The molecule has 1 saturated carbocycles. The molecule has 3 aliphatic rings. The van der Waals surface area contributed by atoms with E-state index in [-0.39, 0.29) is 17.9 Å². The molecule has 4 heterocycles. The van der Waals surface area contributed by atoms with Gasteiger partial charge in [-0.25, -0.2) is 24.3 Å². The SMILES string of the molecule is O=C(O)[C@H]1C2C=CC(CC2)[C@@H]1Nc1nc2cnc(-c3c[nH]c4ncc(F)cc34)nc2s1. The second-order valence-corrected chi connectivity index (χ2v) is 8.96. The number of H-pyrrole nitrogens is 1. The number of hydrogen-bond donors (Lipinski definition) is 3. The van der Waals surface area contributed by atoms with Crippen LogP contribution in [0.5, 0.6) is 0 Å². The predicted molar refractivity (Wildman–Crippen MR) is 114 cm³/mol. The summed E-state index contributed by atoms with van der Waals surface area (Å²) in [6.45, 7) is 0. The molecule has 10 heteroatoms. The Hall–Kier alpha value is -3.40. The monoisotopic (exact) mass is 436 g/mol. The molecule has 2 bridgehead atoms. The maximum Gasteiger partial charge on any atom is 0.309 e. The van der Waals surface area contributed by atoms with Crippen molar-refractivity contribution in [3.8, 4) is 11.4 Å². The number of aromatic amines is 1. The lowest BCUT2D eigenvalue weighted by Crippen LogP contribution is -2.49. The van der Waals surface area contributed by atoms with Gasteiger partial charge in [-0.3, -0.25) is 4.79 Å². The fraction of sp³-hybridized carbons (Fsp3) is 0.286. The number of pyridine rings is 1. The zero-order valence-electron chi connectivity index (χ0n) is 16.1. The lowest BCUT2D eigenvalue weighted by Gasteiger charge is -2.43. The minimum absolute atomic E-state index is 0.0525. The minimum atomic E-state index is -0.778. The first-order valence-electron chi connectivity index (χ1n) is 10.0. The molecule has 0 radical (unpaired) electrons. The first-order valence-corrected chi connectivity index (χ1v) is 10.8. The predicted octanol–water partition coefficient (Wildman–Crippen LogP) is 3.85. The van der Waals surface area contributed by atoms with Crippen molar-refractivity contribution in [2.75, 3.05) is 5.32 Å². The van der Waals surface area contributed by atoms with Crippen molar-refractivity contribution in [1.82, 2.24) is 24.9 Å². The molecule has 4 aromatic rings. The van der Waals surface area contributed by atoms with E-state index >= 15 is 0 Å². The third-order valence-corrected chi connectivity index (χ3v) is 7.11. The number of fused-ring (bicyclic) bond motifs is 4. The molecule has 0 amide bonds. The van der Waals surface area contributed by atoms with Crippen molar-refractivity contribution in [2.45, 2.75) is 18.9 Å². The van der Waals surface area contributed by atoms with E-state index in [1.807, 2.05) is 6.08 Å². The van der Waals surface area contributed by atoms with Crippen LogP contribution < -0.4 is 5.32 Å². The fourth-order valence-electron chi connectivity index (χ4n) is 4.76. The van der Waals surface area contributed by atoms with Gasteiger partial charge in [0.25, 0.3) is 0 Å². The van der Waals surface area contributed by atoms with Crippen LogP contribution in [0.4, 0.5) is 9.52 Å². The van der Waals surface area contributed by atoms with Crippen LogP contribution in [0.3, 0.4) is 0 Å². The molecular formula is C21H17FN6O2S. The average molecular weight is 436 g/mol. The number of aromatic nitrogens is 5. The smallest absolute Gasteiger partial charge is 0.309 e. The van der Waals surface area contributed by atoms with E-state index in [1.54, 1.807) is 12.4 Å². The first kappa shape index (κ1) is 18.4. The van der Waals surface area contributed by atoms with Crippen LogP contribution in [-0.4, -0.2) is 42.0 Å². The van der Waals surface area contributed by atoms with E-state index in [9.17, 15) is 14.3 Å². The van der Waals surface area contributed by atoms with E-state index < -0.39 is 17.7 Å². The summed E-state index contributed by atoms with van der Waals surface area (Å²) in [5.41, 5.74) is 1.85. The number of halogens is 1. The van der Waals surface area contributed by atoms with Crippen LogP contribution in [0.1, 0.15) is 12.8 Å². The van der Waals surface area contributed by atoms with E-state index in [1.165, 1.54) is 17.4 Å². The third kappa shape index (κ3) is 2.97. The molecule has 1 fully saturated rings. The summed E-state index contributed by atoms with van der Waals surface area (Å²) >= 11 is 1.36. The van der Waals surface area contributed by atoms with Gasteiger partial charge in [-0.2, -0.15) is 0 Å². The number of carbonyl (C=O) groups is 1. The molecule has 4 atom stereocenters. The van der Waals surface area contributed by atoms with Crippen LogP contribution in [0.15, 0.2) is 36.8 Å². The molecule has 3 N–H and O–H groups in total. The second-order valence-electron chi connectivity index (χ2n) is 7.98. The van der Waals surface area contributed by atoms with E-state index in [0.717, 1.165) is 19.0 Å². The van der Waals surface area contributed by atoms with Crippen molar-refractivity contribution in [3.05, 3.63) is 42.6 Å². The van der Waals surface area contributed by atoms with Gasteiger partial charge >= 0.3 is 5.97 Å². The quantitative estimate of drug-likeness (QED) is 0.416. The standard InChI is InChI=1S/C21H17FN6O2S/c22-11-5-12-13(7-24-17(12)23-6-11)18-25-8-14-19(28-18)31-21(26-14)27-16-10-3-1-9(2-4-10)15(16)20(29)30/h1,3,5-10,15-16H,2,4H2,(H,23,24)(H,26,27)(H,29,30)/t9?,10?,15-,16-/m0/s1. The zero-order valence-corrected chi connectivity index (χ0v) is 16.9. The van der Waals surface area contributed by atoms with Crippen molar-refractivity contribution >= 4 is 43.8 Å². The summed E-state index contributed by atoms with van der Waals surface area (Å²) in [4.78, 5) is 33.2. The number of nitrogens with zero attached hydrogens (tertiary/aromatic N) is 4. The largest absolute Gasteiger partial charge is 0.481 e. The summed E-state index contributed by atoms with van der Waals surface area (Å²) in [7, 11) is 0. The summed E-state index contributed by atoms with van der Waals surface area (Å²) in [6, 6.07) is 1.20. The summed E-state index contributed by atoms with van der Waals surface area (Å²) in [5.74, 6) is -0.997. The molecule has 0 aromatic carbocycles. The number of aliphatic carboxylic acids is 1. The van der Waals surface area contributed by atoms with Crippen LogP contribution in [0.2, 0.25) is 0 Å². The third-order valence-electron chi connectivity index (χ3n) is 6.21. The van der Waals surface area contributed by atoms with Crippen LogP contribution in [0, 0.1) is 23.6 Å². The number of carboxylic acids is 1. The van der Waals surface area contributed by atoms with Gasteiger partial charge in [-0.15, -0.1) is 0 Å². The normalized spacial score (nSPS) is 24.8. The molecule has 4 aromatic heterocycles. The number of thiazole rings is 1. The highest BCUT2D eigenvalue weighted by Crippen LogP contribution is 2.43. The molecule has 2 unspecified atom stereocenters. The Morgan fingerprint density at radius 1 is 1.19 bits per heavy atom. The van der Waals surface area contributed by atoms with Gasteiger partial charge in [0.05, 0.1) is 18.3 Å².